The van der Waals surface area contributed by atoms with Gasteiger partial charge in [-0.15, -0.1) is 0 Å². The van der Waals surface area contributed by atoms with Gasteiger partial charge in [0.1, 0.15) is 11.3 Å². The maximum atomic E-state index is 12.0. The third kappa shape index (κ3) is 3.73. The summed E-state index contributed by atoms with van der Waals surface area (Å²) >= 11 is 3.38. The Morgan fingerprint density at radius 2 is 2.06 bits per heavy atom. The van der Waals surface area contributed by atoms with E-state index < -0.39 is 0 Å². The highest BCUT2D eigenvalue weighted by atomic mass is 79.9. The summed E-state index contributed by atoms with van der Waals surface area (Å²) < 4.78 is 11.6. The van der Waals surface area contributed by atoms with Gasteiger partial charge in [-0.25, -0.2) is 4.79 Å². The van der Waals surface area contributed by atoms with Crippen LogP contribution in [0.3, 0.4) is 0 Å². The van der Waals surface area contributed by atoms with E-state index in [0.717, 1.165) is 10.0 Å². The Balaban J connectivity index is 3.15. The molecule has 0 amide bonds. The lowest BCUT2D eigenvalue weighted by atomic mass is 10.1. The lowest BCUT2D eigenvalue weighted by Gasteiger charge is -2.14. The molecule has 0 aliphatic heterocycles. The van der Waals surface area contributed by atoms with Crippen molar-refractivity contribution in [1.29, 1.82) is 0 Å². The number of hydrogen-bond donors (Lipinski definition) is 0. The highest BCUT2D eigenvalue weighted by Crippen LogP contribution is 2.28. The van der Waals surface area contributed by atoms with Crippen molar-refractivity contribution < 1.29 is 14.3 Å². The highest BCUT2D eigenvalue weighted by molar-refractivity contribution is 9.10. The summed E-state index contributed by atoms with van der Waals surface area (Å²) in [7, 11) is 0. The molecular formula is C13H17BrO3. The van der Waals surface area contributed by atoms with Gasteiger partial charge in [0.2, 0.25) is 0 Å². The first-order valence-corrected chi connectivity index (χ1v) is 6.39. The van der Waals surface area contributed by atoms with E-state index >= 15 is 0 Å². The second-order valence-corrected chi connectivity index (χ2v) is 4.90. The van der Waals surface area contributed by atoms with Gasteiger partial charge >= 0.3 is 5.97 Å². The van der Waals surface area contributed by atoms with E-state index in [1.54, 1.807) is 6.07 Å². The van der Waals surface area contributed by atoms with Crippen LogP contribution in [0.2, 0.25) is 0 Å². The van der Waals surface area contributed by atoms with Gasteiger partial charge in [-0.2, -0.15) is 0 Å². The van der Waals surface area contributed by atoms with Crippen LogP contribution in [0.25, 0.3) is 0 Å². The molecule has 3 nitrogen and oxygen atoms in total. The van der Waals surface area contributed by atoms with Crippen LogP contribution in [0.15, 0.2) is 16.6 Å². The van der Waals surface area contributed by atoms with Crippen molar-refractivity contribution in [2.24, 2.45) is 0 Å². The van der Waals surface area contributed by atoms with Crippen LogP contribution in [0.4, 0.5) is 0 Å². The molecule has 0 aromatic heterocycles. The average Bonchev–Trinajstić information content (AvgIpc) is 2.15. The summed E-state index contributed by atoms with van der Waals surface area (Å²) in [6.07, 6.45) is -0.139. The largest absolute Gasteiger partial charge is 0.493 e. The van der Waals surface area contributed by atoms with Crippen LogP contribution in [0.1, 0.15) is 36.7 Å². The lowest BCUT2D eigenvalue weighted by Crippen LogP contribution is -2.14. The number of hydrogen-bond acceptors (Lipinski definition) is 3. The van der Waals surface area contributed by atoms with Crippen LogP contribution >= 0.6 is 15.9 Å². The summed E-state index contributed by atoms with van der Waals surface area (Å²) in [5.41, 5.74) is 1.34. The van der Waals surface area contributed by atoms with Crippen LogP contribution in [-0.4, -0.2) is 18.7 Å². The van der Waals surface area contributed by atoms with Crippen molar-refractivity contribution in [3.05, 3.63) is 27.7 Å². The molecule has 0 aliphatic rings. The molecule has 0 saturated carbocycles. The highest BCUT2D eigenvalue weighted by Gasteiger charge is 2.18. The SMILES string of the molecule is CCOc1cc(Br)cc(C)c1C(=O)OC(C)C. The van der Waals surface area contributed by atoms with Crippen LogP contribution in [-0.2, 0) is 4.74 Å². The third-order valence-electron chi connectivity index (χ3n) is 2.11. The Morgan fingerprint density at radius 1 is 1.41 bits per heavy atom. The van der Waals surface area contributed by atoms with E-state index in [-0.39, 0.29) is 12.1 Å². The molecule has 1 aromatic rings. The molecule has 0 N–H and O–H groups in total. The van der Waals surface area contributed by atoms with E-state index in [1.165, 1.54) is 0 Å². The Hall–Kier alpha value is -1.03. The first-order valence-electron chi connectivity index (χ1n) is 5.59. The fourth-order valence-corrected chi connectivity index (χ4v) is 2.07. The molecule has 4 heteroatoms. The first kappa shape index (κ1) is 14.0. The zero-order valence-electron chi connectivity index (χ0n) is 10.5. The normalized spacial score (nSPS) is 10.5. The third-order valence-corrected chi connectivity index (χ3v) is 2.57. The molecule has 0 radical (unpaired) electrons. The second kappa shape index (κ2) is 6.05. The van der Waals surface area contributed by atoms with Crippen molar-refractivity contribution in [2.45, 2.75) is 33.8 Å². The van der Waals surface area contributed by atoms with Crippen molar-refractivity contribution >= 4 is 21.9 Å². The molecule has 0 spiro atoms. The van der Waals surface area contributed by atoms with Crippen molar-refractivity contribution in [1.82, 2.24) is 0 Å². The summed E-state index contributed by atoms with van der Waals surface area (Å²) in [6.45, 7) is 7.91. The van der Waals surface area contributed by atoms with E-state index in [9.17, 15) is 4.79 Å². The van der Waals surface area contributed by atoms with E-state index in [4.69, 9.17) is 9.47 Å². The maximum Gasteiger partial charge on any atom is 0.342 e. The summed E-state index contributed by atoms with van der Waals surface area (Å²) in [5, 5.41) is 0. The van der Waals surface area contributed by atoms with E-state index in [2.05, 4.69) is 15.9 Å². The number of carbonyl (C=O) groups is 1. The van der Waals surface area contributed by atoms with Gasteiger partial charge in [0.25, 0.3) is 0 Å². The van der Waals surface area contributed by atoms with Gasteiger partial charge in [-0.1, -0.05) is 15.9 Å². The molecule has 0 aliphatic carbocycles. The monoisotopic (exact) mass is 300 g/mol. The van der Waals surface area contributed by atoms with Gasteiger partial charge in [0, 0.05) is 4.47 Å². The van der Waals surface area contributed by atoms with E-state index in [0.29, 0.717) is 17.9 Å². The molecule has 94 valence electrons. The molecule has 1 rings (SSSR count). The summed E-state index contributed by atoms with van der Waals surface area (Å²) in [5.74, 6) is 0.221. The maximum absolute atomic E-state index is 12.0. The number of ether oxygens (including phenoxy) is 2. The van der Waals surface area contributed by atoms with Gasteiger partial charge < -0.3 is 9.47 Å². The molecule has 0 saturated heterocycles. The van der Waals surface area contributed by atoms with Crippen molar-refractivity contribution in [3.8, 4) is 5.75 Å². The Labute approximate surface area is 110 Å². The van der Waals surface area contributed by atoms with E-state index in [1.807, 2.05) is 33.8 Å². The predicted molar refractivity (Wildman–Crippen MR) is 70.6 cm³/mol. The molecule has 0 fully saturated rings. The standard InChI is InChI=1S/C13H17BrO3/c1-5-16-11-7-10(14)6-9(4)12(11)13(15)17-8(2)3/h6-8H,5H2,1-4H3. The van der Waals surface area contributed by atoms with Gasteiger partial charge in [0.05, 0.1) is 12.7 Å². The van der Waals surface area contributed by atoms with Crippen molar-refractivity contribution in [2.75, 3.05) is 6.61 Å². The molecular weight excluding hydrogens is 284 g/mol. The number of carbonyl (C=O) groups excluding carboxylic acids is 1. The molecule has 17 heavy (non-hydrogen) atoms. The van der Waals surface area contributed by atoms with Crippen LogP contribution in [0.5, 0.6) is 5.75 Å². The minimum absolute atomic E-state index is 0.139. The number of esters is 1. The molecule has 0 heterocycles. The summed E-state index contributed by atoms with van der Waals surface area (Å²) in [4.78, 5) is 12.0. The Bertz CT molecular complexity index is 413. The minimum Gasteiger partial charge on any atom is -0.493 e. The fraction of sp³-hybridized carbons (Fsp3) is 0.462. The number of aryl methyl sites for hydroxylation is 1. The predicted octanol–water partition coefficient (Wildman–Crippen LogP) is 3.72. The minimum atomic E-state index is -0.339. The van der Waals surface area contributed by atoms with Gasteiger partial charge in [0.15, 0.2) is 0 Å². The quantitative estimate of drug-likeness (QED) is 0.795. The molecule has 0 bridgehead atoms. The summed E-state index contributed by atoms with van der Waals surface area (Å²) in [6, 6.07) is 3.66. The smallest absolute Gasteiger partial charge is 0.342 e. The number of benzene rings is 1. The number of rotatable bonds is 4. The van der Waals surface area contributed by atoms with Gasteiger partial charge in [-0.05, 0) is 45.4 Å². The molecule has 0 unspecified atom stereocenters. The topological polar surface area (TPSA) is 35.5 Å². The zero-order chi connectivity index (χ0) is 13.0. The Kier molecular flexibility index (Phi) is 5.00. The van der Waals surface area contributed by atoms with Crippen LogP contribution < -0.4 is 4.74 Å². The van der Waals surface area contributed by atoms with Crippen molar-refractivity contribution in [3.63, 3.8) is 0 Å². The first-order chi connectivity index (χ1) is 7.95. The lowest BCUT2D eigenvalue weighted by molar-refractivity contribution is 0.0373. The molecule has 0 atom stereocenters. The second-order valence-electron chi connectivity index (χ2n) is 3.98. The van der Waals surface area contributed by atoms with Crippen LogP contribution in [0, 0.1) is 6.92 Å². The number of halogens is 1. The fourth-order valence-electron chi connectivity index (χ4n) is 1.52. The molecule has 1 aromatic carbocycles. The Morgan fingerprint density at radius 3 is 2.59 bits per heavy atom. The zero-order valence-corrected chi connectivity index (χ0v) is 12.1. The van der Waals surface area contributed by atoms with Gasteiger partial charge in [-0.3, -0.25) is 0 Å². The average molecular weight is 301 g/mol.